The number of morpholine rings is 1. The third-order valence-corrected chi connectivity index (χ3v) is 5.11. The highest BCUT2D eigenvalue weighted by atomic mass is 16.5. The van der Waals surface area contributed by atoms with Gasteiger partial charge in [0.05, 0.1) is 19.8 Å². The SMILES string of the molecule is Cc1ccc(C(CN2CCOCC2)NCC(=O)NCCc2ccccc2)cc1. The van der Waals surface area contributed by atoms with Gasteiger partial charge in [-0.2, -0.15) is 0 Å². The number of rotatable bonds is 9. The van der Waals surface area contributed by atoms with Gasteiger partial charge in [-0.15, -0.1) is 0 Å². The molecule has 1 unspecified atom stereocenters. The van der Waals surface area contributed by atoms with Gasteiger partial charge < -0.3 is 15.4 Å². The Morgan fingerprint density at radius 2 is 1.79 bits per heavy atom. The molecule has 0 saturated carbocycles. The van der Waals surface area contributed by atoms with Crippen molar-refractivity contribution in [2.24, 2.45) is 0 Å². The van der Waals surface area contributed by atoms with Crippen LogP contribution in [0.1, 0.15) is 22.7 Å². The van der Waals surface area contributed by atoms with Crippen LogP contribution in [0.3, 0.4) is 0 Å². The van der Waals surface area contributed by atoms with E-state index in [0.29, 0.717) is 13.1 Å². The fraction of sp³-hybridized carbons (Fsp3) is 0.435. The molecule has 150 valence electrons. The zero-order valence-electron chi connectivity index (χ0n) is 16.7. The van der Waals surface area contributed by atoms with E-state index >= 15 is 0 Å². The normalized spacial score (nSPS) is 15.9. The highest BCUT2D eigenvalue weighted by molar-refractivity contribution is 5.78. The Hall–Kier alpha value is -2.21. The number of amides is 1. The van der Waals surface area contributed by atoms with Crippen molar-refractivity contribution < 1.29 is 9.53 Å². The van der Waals surface area contributed by atoms with E-state index in [9.17, 15) is 4.79 Å². The number of nitrogens with one attached hydrogen (secondary N) is 2. The molecule has 0 aromatic heterocycles. The van der Waals surface area contributed by atoms with E-state index in [1.165, 1.54) is 16.7 Å². The van der Waals surface area contributed by atoms with E-state index in [1.807, 2.05) is 18.2 Å². The summed E-state index contributed by atoms with van der Waals surface area (Å²) < 4.78 is 5.46. The summed E-state index contributed by atoms with van der Waals surface area (Å²) in [7, 11) is 0. The summed E-state index contributed by atoms with van der Waals surface area (Å²) >= 11 is 0. The molecule has 0 radical (unpaired) electrons. The topological polar surface area (TPSA) is 53.6 Å². The third-order valence-electron chi connectivity index (χ3n) is 5.11. The Balaban J connectivity index is 1.49. The minimum atomic E-state index is 0.0371. The highest BCUT2D eigenvalue weighted by Gasteiger charge is 2.19. The molecule has 1 heterocycles. The van der Waals surface area contributed by atoms with Gasteiger partial charge in [0.1, 0.15) is 0 Å². The Morgan fingerprint density at radius 1 is 1.07 bits per heavy atom. The molecule has 2 N–H and O–H groups in total. The number of hydrogen-bond donors (Lipinski definition) is 2. The van der Waals surface area contributed by atoms with Crippen LogP contribution in [0.5, 0.6) is 0 Å². The van der Waals surface area contributed by atoms with Crippen LogP contribution in [0.25, 0.3) is 0 Å². The molecule has 1 fully saturated rings. The van der Waals surface area contributed by atoms with Crippen LogP contribution in [0.15, 0.2) is 54.6 Å². The zero-order valence-corrected chi connectivity index (χ0v) is 16.7. The minimum absolute atomic E-state index is 0.0371. The second kappa shape index (κ2) is 11.0. The van der Waals surface area contributed by atoms with Crippen molar-refractivity contribution in [3.63, 3.8) is 0 Å². The number of ether oxygens (including phenoxy) is 1. The smallest absolute Gasteiger partial charge is 0.233 e. The first-order valence-corrected chi connectivity index (χ1v) is 10.1. The zero-order chi connectivity index (χ0) is 19.6. The van der Waals surface area contributed by atoms with Gasteiger partial charge in [0.15, 0.2) is 0 Å². The Morgan fingerprint density at radius 3 is 2.50 bits per heavy atom. The van der Waals surface area contributed by atoms with Crippen molar-refractivity contribution in [2.75, 3.05) is 45.9 Å². The number of nitrogens with zero attached hydrogens (tertiary/aromatic N) is 1. The number of aryl methyl sites for hydroxylation is 1. The van der Waals surface area contributed by atoms with E-state index < -0.39 is 0 Å². The van der Waals surface area contributed by atoms with Crippen LogP contribution in [0, 0.1) is 6.92 Å². The number of carbonyl (C=O) groups excluding carboxylic acids is 1. The predicted molar refractivity (Wildman–Crippen MR) is 112 cm³/mol. The van der Waals surface area contributed by atoms with E-state index in [-0.39, 0.29) is 11.9 Å². The van der Waals surface area contributed by atoms with Gasteiger partial charge in [0, 0.05) is 32.2 Å². The summed E-state index contributed by atoms with van der Waals surface area (Å²) in [4.78, 5) is 14.7. The van der Waals surface area contributed by atoms with Crippen molar-refractivity contribution in [3.05, 3.63) is 71.3 Å². The van der Waals surface area contributed by atoms with Crippen LogP contribution in [-0.4, -0.2) is 56.7 Å². The maximum Gasteiger partial charge on any atom is 0.233 e. The quantitative estimate of drug-likeness (QED) is 0.700. The van der Waals surface area contributed by atoms with Gasteiger partial charge in [-0.05, 0) is 24.5 Å². The average Bonchev–Trinajstić information content (AvgIpc) is 2.73. The summed E-state index contributed by atoms with van der Waals surface area (Å²) in [6.45, 7) is 7.38. The molecule has 2 aromatic carbocycles. The summed E-state index contributed by atoms with van der Waals surface area (Å²) in [5.74, 6) is 0.0371. The van der Waals surface area contributed by atoms with Crippen LogP contribution >= 0.6 is 0 Å². The predicted octanol–water partition coefficient (Wildman–Crippen LogP) is 2.32. The lowest BCUT2D eigenvalue weighted by Crippen LogP contribution is -2.44. The largest absolute Gasteiger partial charge is 0.379 e. The van der Waals surface area contributed by atoms with E-state index in [1.54, 1.807) is 0 Å². The summed E-state index contributed by atoms with van der Waals surface area (Å²) in [5, 5.41) is 6.47. The van der Waals surface area contributed by atoms with Crippen molar-refractivity contribution >= 4 is 5.91 Å². The first-order chi connectivity index (χ1) is 13.7. The molecule has 0 aliphatic carbocycles. The lowest BCUT2D eigenvalue weighted by Gasteiger charge is -2.31. The van der Waals surface area contributed by atoms with Crippen molar-refractivity contribution in [2.45, 2.75) is 19.4 Å². The fourth-order valence-electron chi connectivity index (χ4n) is 3.40. The minimum Gasteiger partial charge on any atom is -0.379 e. The molecule has 0 bridgehead atoms. The molecule has 0 spiro atoms. The first kappa shape index (κ1) is 20.5. The molecule has 1 aliphatic heterocycles. The molecule has 1 saturated heterocycles. The van der Waals surface area contributed by atoms with Crippen LogP contribution in [0.4, 0.5) is 0 Å². The second-order valence-corrected chi connectivity index (χ2v) is 7.34. The maximum atomic E-state index is 12.3. The van der Waals surface area contributed by atoms with Crippen molar-refractivity contribution in [1.29, 1.82) is 0 Å². The van der Waals surface area contributed by atoms with Gasteiger partial charge in [-0.25, -0.2) is 0 Å². The Labute approximate surface area is 168 Å². The maximum absolute atomic E-state index is 12.3. The van der Waals surface area contributed by atoms with E-state index in [0.717, 1.165) is 39.3 Å². The molecule has 5 nitrogen and oxygen atoms in total. The molecule has 1 aliphatic rings. The van der Waals surface area contributed by atoms with Crippen molar-refractivity contribution in [3.8, 4) is 0 Å². The standard InChI is InChI=1S/C23H31N3O2/c1-19-7-9-21(10-8-19)22(18-26-13-15-28-16-14-26)25-17-23(27)24-12-11-20-5-3-2-4-6-20/h2-10,22,25H,11-18H2,1H3,(H,24,27). The number of benzene rings is 2. The van der Waals surface area contributed by atoms with Gasteiger partial charge in [0.2, 0.25) is 5.91 Å². The lowest BCUT2D eigenvalue weighted by molar-refractivity contribution is -0.120. The fourth-order valence-corrected chi connectivity index (χ4v) is 3.40. The van der Waals surface area contributed by atoms with Gasteiger partial charge in [0.25, 0.3) is 0 Å². The van der Waals surface area contributed by atoms with Crippen molar-refractivity contribution in [1.82, 2.24) is 15.5 Å². The van der Waals surface area contributed by atoms with Crippen LogP contribution < -0.4 is 10.6 Å². The van der Waals surface area contributed by atoms with Gasteiger partial charge in [-0.1, -0.05) is 60.2 Å². The third kappa shape index (κ3) is 6.75. The van der Waals surface area contributed by atoms with E-state index in [2.05, 4.69) is 58.9 Å². The molecule has 3 rings (SSSR count). The highest BCUT2D eigenvalue weighted by Crippen LogP contribution is 2.16. The first-order valence-electron chi connectivity index (χ1n) is 10.1. The Kier molecular flexibility index (Phi) is 8.03. The number of hydrogen-bond acceptors (Lipinski definition) is 4. The average molecular weight is 382 g/mol. The molecule has 1 atom stereocenters. The van der Waals surface area contributed by atoms with Crippen LogP contribution in [0.2, 0.25) is 0 Å². The molecule has 1 amide bonds. The summed E-state index contributed by atoms with van der Waals surface area (Å²) in [6, 6.07) is 18.9. The molecule has 5 heteroatoms. The van der Waals surface area contributed by atoms with E-state index in [4.69, 9.17) is 4.74 Å². The number of carbonyl (C=O) groups is 1. The molecule has 2 aromatic rings. The second-order valence-electron chi connectivity index (χ2n) is 7.34. The van der Waals surface area contributed by atoms with Gasteiger partial charge >= 0.3 is 0 Å². The molecular formula is C23H31N3O2. The summed E-state index contributed by atoms with van der Waals surface area (Å²) in [5.41, 5.74) is 3.70. The van der Waals surface area contributed by atoms with Gasteiger partial charge in [-0.3, -0.25) is 9.69 Å². The monoisotopic (exact) mass is 381 g/mol. The lowest BCUT2D eigenvalue weighted by atomic mass is 10.0. The van der Waals surface area contributed by atoms with Crippen LogP contribution in [-0.2, 0) is 16.0 Å². The molecular weight excluding hydrogens is 350 g/mol. The summed E-state index contributed by atoms with van der Waals surface area (Å²) in [6.07, 6.45) is 0.849. The Bertz CT molecular complexity index is 712. The molecule has 28 heavy (non-hydrogen) atoms.